The number of fused-ring (bicyclic) bond motifs is 1. The van der Waals surface area contributed by atoms with Gasteiger partial charge in [-0.2, -0.15) is 0 Å². The van der Waals surface area contributed by atoms with E-state index < -0.39 is 0 Å². The fourth-order valence-corrected chi connectivity index (χ4v) is 3.72. The molecule has 0 saturated heterocycles. The molecule has 1 heterocycles. The van der Waals surface area contributed by atoms with Crippen molar-refractivity contribution < 1.29 is 13.9 Å². The molecule has 0 spiro atoms. The van der Waals surface area contributed by atoms with Crippen LogP contribution in [0.3, 0.4) is 0 Å². The van der Waals surface area contributed by atoms with Crippen molar-refractivity contribution in [2.24, 2.45) is 0 Å². The van der Waals surface area contributed by atoms with Gasteiger partial charge in [-0.3, -0.25) is 4.79 Å². The maximum atomic E-state index is 12.9. The summed E-state index contributed by atoms with van der Waals surface area (Å²) in [4.78, 5) is 14.9. The van der Waals surface area contributed by atoms with Crippen LogP contribution in [0.5, 0.6) is 0 Å². The van der Waals surface area contributed by atoms with Gasteiger partial charge in [-0.15, -0.1) is 0 Å². The van der Waals surface area contributed by atoms with Gasteiger partial charge in [-0.05, 0) is 56.8 Å². The van der Waals surface area contributed by atoms with Crippen LogP contribution in [0.1, 0.15) is 28.8 Å². The van der Waals surface area contributed by atoms with E-state index >= 15 is 0 Å². The largest absolute Gasteiger partial charge is 0.464 e. The quantitative estimate of drug-likeness (QED) is 0.606. The van der Waals surface area contributed by atoms with Gasteiger partial charge in [0, 0.05) is 22.9 Å². The first-order valence-corrected chi connectivity index (χ1v) is 9.69. The number of carbonyl (C=O) groups excluding carboxylic acids is 1. The van der Waals surface area contributed by atoms with E-state index in [1.54, 1.807) is 6.26 Å². The van der Waals surface area contributed by atoms with Crippen LogP contribution in [0, 0.1) is 0 Å². The summed E-state index contributed by atoms with van der Waals surface area (Å²) in [6, 6.07) is 17.4. The van der Waals surface area contributed by atoms with E-state index in [1.165, 1.54) is 5.56 Å². The molecule has 1 atom stereocenters. The molecule has 5 heteroatoms. The fraction of sp³-hybridized carbons (Fsp3) is 0.348. The number of rotatable bonds is 8. The number of ether oxygens (including phenoxy) is 1. The summed E-state index contributed by atoms with van der Waals surface area (Å²) in [5, 5.41) is 4.25. The highest BCUT2D eigenvalue weighted by Crippen LogP contribution is 2.53. The Bertz CT molecular complexity index is 945. The molecule has 0 radical (unpaired) electrons. The number of nitrogens with zero attached hydrogens (tertiary/aromatic N) is 1. The maximum absolute atomic E-state index is 12.9. The minimum absolute atomic E-state index is 0.110. The first-order valence-electron chi connectivity index (χ1n) is 9.69. The third-order valence-corrected chi connectivity index (χ3v) is 5.44. The average Bonchev–Trinajstić information content (AvgIpc) is 3.36. The molecule has 5 nitrogen and oxygen atoms in total. The van der Waals surface area contributed by atoms with Gasteiger partial charge >= 0.3 is 0 Å². The van der Waals surface area contributed by atoms with Gasteiger partial charge in [-0.1, -0.05) is 30.3 Å². The summed E-state index contributed by atoms with van der Waals surface area (Å²) < 4.78 is 11.8. The molecule has 1 fully saturated rings. The molecule has 2 aromatic carbocycles. The van der Waals surface area contributed by atoms with Crippen molar-refractivity contribution in [3.8, 4) is 0 Å². The molecule has 28 heavy (non-hydrogen) atoms. The highest BCUT2D eigenvalue weighted by molar-refractivity contribution is 5.94. The lowest BCUT2D eigenvalue weighted by Gasteiger charge is -2.29. The molecule has 1 amide bonds. The van der Waals surface area contributed by atoms with Gasteiger partial charge in [0.15, 0.2) is 0 Å². The van der Waals surface area contributed by atoms with E-state index in [4.69, 9.17) is 9.15 Å². The highest BCUT2D eigenvalue weighted by Gasteiger charge is 2.53. The standard InChI is InChI=1S/C23H26N2O3/c1-25(2)14-16-28-22(24-21(26)17-7-4-3-5-8-17)23(12-13-23)19-9-6-10-20-18(19)11-15-27-20/h3-11,15,22H,12-14,16H2,1-2H3,(H,24,26). The van der Waals surface area contributed by atoms with Gasteiger partial charge in [0.05, 0.1) is 12.9 Å². The highest BCUT2D eigenvalue weighted by atomic mass is 16.5. The summed E-state index contributed by atoms with van der Waals surface area (Å²) in [6.45, 7) is 1.35. The van der Waals surface area contributed by atoms with E-state index in [0.717, 1.165) is 30.4 Å². The molecule has 1 aliphatic rings. The number of hydrogen-bond donors (Lipinski definition) is 1. The molecular formula is C23H26N2O3. The summed E-state index contributed by atoms with van der Waals surface area (Å²) in [5.74, 6) is -0.110. The van der Waals surface area contributed by atoms with Crippen molar-refractivity contribution in [2.75, 3.05) is 27.2 Å². The van der Waals surface area contributed by atoms with Crippen LogP contribution in [0.15, 0.2) is 65.3 Å². The van der Waals surface area contributed by atoms with E-state index in [-0.39, 0.29) is 17.6 Å². The first kappa shape index (κ1) is 18.7. The zero-order valence-electron chi connectivity index (χ0n) is 16.4. The van der Waals surface area contributed by atoms with Crippen molar-refractivity contribution in [2.45, 2.75) is 24.5 Å². The predicted molar refractivity (Wildman–Crippen MR) is 109 cm³/mol. The Hall–Kier alpha value is -2.63. The fourth-order valence-electron chi connectivity index (χ4n) is 3.72. The monoisotopic (exact) mass is 378 g/mol. The molecule has 4 rings (SSSR count). The zero-order chi connectivity index (χ0) is 19.6. The van der Waals surface area contributed by atoms with Crippen LogP contribution in [0.4, 0.5) is 0 Å². The SMILES string of the molecule is CN(C)CCOC(NC(=O)c1ccccc1)C1(c2cccc3occc23)CC1. The molecule has 1 unspecified atom stereocenters. The summed E-state index contributed by atoms with van der Waals surface area (Å²) >= 11 is 0. The molecular weight excluding hydrogens is 352 g/mol. The van der Waals surface area contributed by atoms with Gasteiger partial charge in [0.1, 0.15) is 11.8 Å². The summed E-state index contributed by atoms with van der Waals surface area (Å²) in [5.41, 5.74) is 2.47. The normalized spacial score (nSPS) is 16.2. The average molecular weight is 378 g/mol. The molecule has 1 N–H and O–H groups in total. The van der Waals surface area contributed by atoms with Crippen molar-refractivity contribution in [1.82, 2.24) is 10.2 Å². The smallest absolute Gasteiger partial charge is 0.253 e. The van der Waals surface area contributed by atoms with E-state index in [0.29, 0.717) is 12.2 Å². The number of benzene rings is 2. The Kier molecular flexibility index (Phi) is 5.20. The molecule has 146 valence electrons. The minimum atomic E-state index is -0.388. The Balaban J connectivity index is 1.62. The van der Waals surface area contributed by atoms with Crippen LogP contribution in [-0.4, -0.2) is 44.3 Å². The zero-order valence-corrected chi connectivity index (χ0v) is 16.4. The molecule has 1 aromatic heterocycles. The molecule has 3 aromatic rings. The van der Waals surface area contributed by atoms with Gasteiger partial charge in [-0.25, -0.2) is 0 Å². The van der Waals surface area contributed by atoms with E-state index in [9.17, 15) is 4.79 Å². The van der Waals surface area contributed by atoms with Crippen molar-refractivity contribution in [1.29, 1.82) is 0 Å². The lowest BCUT2D eigenvalue weighted by molar-refractivity contribution is -0.000570. The second-order valence-corrected chi connectivity index (χ2v) is 7.69. The van der Waals surface area contributed by atoms with Crippen LogP contribution < -0.4 is 5.32 Å². The van der Waals surface area contributed by atoms with Crippen molar-refractivity contribution in [3.63, 3.8) is 0 Å². The third-order valence-electron chi connectivity index (χ3n) is 5.44. The molecule has 1 saturated carbocycles. The second-order valence-electron chi connectivity index (χ2n) is 7.69. The van der Waals surface area contributed by atoms with Crippen molar-refractivity contribution in [3.05, 3.63) is 72.0 Å². The van der Waals surface area contributed by atoms with Crippen molar-refractivity contribution >= 4 is 16.9 Å². The number of amides is 1. The molecule has 0 aliphatic heterocycles. The predicted octanol–water partition coefficient (Wildman–Crippen LogP) is 3.80. The van der Waals surface area contributed by atoms with Gasteiger partial charge in [0.25, 0.3) is 5.91 Å². The number of furan rings is 1. The van der Waals surface area contributed by atoms with Crippen LogP contribution in [-0.2, 0) is 10.2 Å². The number of nitrogens with one attached hydrogen (secondary N) is 1. The van der Waals surface area contributed by atoms with E-state index in [2.05, 4.69) is 16.3 Å². The minimum Gasteiger partial charge on any atom is -0.464 e. The number of carbonyl (C=O) groups is 1. The number of hydrogen-bond acceptors (Lipinski definition) is 4. The Morgan fingerprint density at radius 3 is 2.64 bits per heavy atom. The van der Waals surface area contributed by atoms with Gasteiger partial charge in [0.2, 0.25) is 0 Å². The third kappa shape index (κ3) is 3.68. The lowest BCUT2D eigenvalue weighted by Crippen LogP contribution is -2.46. The van der Waals surface area contributed by atoms with Crippen LogP contribution >= 0.6 is 0 Å². The molecule has 1 aliphatic carbocycles. The van der Waals surface area contributed by atoms with Gasteiger partial charge < -0.3 is 19.4 Å². The Morgan fingerprint density at radius 1 is 1.14 bits per heavy atom. The summed E-state index contributed by atoms with van der Waals surface area (Å²) in [7, 11) is 4.03. The topological polar surface area (TPSA) is 54.7 Å². The Labute approximate surface area is 165 Å². The van der Waals surface area contributed by atoms with E-state index in [1.807, 2.05) is 62.6 Å². The van der Waals surface area contributed by atoms with Crippen LogP contribution in [0.2, 0.25) is 0 Å². The number of likely N-dealkylation sites (N-methyl/N-ethyl adjacent to an activating group) is 1. The maximum Gasteiger partial charge on any atom is 0.253 e. The summed E-state index contributed by atoms with van der Waals surface area (Å²) in [6.07, 6.45) is 3.27. The van der Waals surface area contributed by atoms with Crippen LogP contribution in [0.25, 0.3) is 11.0 Å². The molecule has 0 bridgehead atoms. The first-order chi connectivity index (χ1) is 13.6. The lowest BCUT2D eigenvalue weighted by atomic mass is 9.90. The second kappa shape index (κ2) is 7.78. The Morgan fingerprint density at radius 2 is 1.93 bits per heavy atom.